The van der Waals surface area contributed by atoms with Gasteiger partial charge in [-0.25, -0.2) is 0 Å². The molecule has 1 heterocycles. The van der Waals surface area contributed by atoms with E-state index in [0.29, 0.717) is 32.8 Å². The Morgan fingerprint density at radius 2 is 2.09 bits per heavy atom. The van der Waals surface area contributed by atoms with Crippen LogP contribution >= 0.6 is 12.4 Å². The van der Waals surface area contributed by atoms with E-state index in [0.717, 1.165) is 16.5 Å². The highest BCUT2D eigenvalue weighted by atomic mass is 35.5. The van der Waals surface area contributed by atoms with E-state index < -0.39 is 6.04 Å². The fraction of sp³-hybridized carbons (Fsp3) is 0.438. The van der Waals surface area contributed by atoms with Crippen LogP contribution in [-0.2, 0) is 20.7 Å². The van der Waals surface area contributed by atoms with E-state index in [1.165, 1.54) is 0 Å². The van der Waals surface area contributed by atoms with Crippen molar-refractivity contribution in [1.29, 1.82) is 0 Å². The van der Waals surface area contributed by atoms with Gasteiger partial charge < -0.3 is 25.5 Å². The first-order valence-electron chi connectivity index (χ1n) is 7.37. The summed E-state index contributed by atoms with van der Waals surface area (Å²) in [5.74, 6) is -0.166. The van der Waals surface area contributed by atoms with Crippen LogP contribution < -0.4 is 11.1 Å². The van der Waals surface area contributed by atoms with E-state index in [1.54, 1.807) is 7.11 Å². The highest BCUT2D eigenvalue weighted by Gasteiger charge is 2.15. The SMILES string of the molecule is COCCOCCNC(=O)[C@@H](N)Cc1c[nH]c2ccccc12.Cl. The normalized spacial score (nSPS) is 11.9. The van der Waals surface area contributed by atoms with Crippen LogP contribution in [0, 0.1) is 0 Å². The van der Waals surface area contributed by atoms with Gasteiger partial charge in [0.15, 0.2) is 0 Å². The van der Waals surface area contributed by atoms with Gasteiger partial charge in [-0.05, 0) is 18.1 Å². The second kappa shape index (κ2) is 10.2. The second-order valence-electron chi connectivity index (χ2n) is 5.07. The average Bonchev–Trinajstić information content (AvgIpc) is 2.94. The van der Waals surface area contributed by atoms with Gasteiger partial charge in [0.1, 0.15) is 0 Å². The van der Waals surface area contributed by atoms with Gasteiger partial charge in [-0.3, -0.25) is 4.79 Å². The summed E-state index contributed by atoms with van der Waals surface area (Å²) in [6, 6.07) is 7.40. The predicted molar refractivity (Wildman–Crippen MR) is 92.9 cm³/mol. The summed E-state index contributed by atoms with van der Waals surface area (Å²) < 4.78 is 10.1. The van der Waals surface area contributed by atoms with Crippen LogP contribution in [0.15, 0.2) is 30.5 Å². The molecule has 0 bridgehead atoms. The summed E-state index contributed by atoms with van der Waals surface area (Å²) >= 11 is 0. The van der Waals surface area contributed by atoms with Gasteiger partial charge in [0, 0.05) is 30.8 Å². The molecule has 23 heavy (non-hydrogen) atoms. The maximum atomic E-state index is 12.0. The van der Waals surface area contributed by atoms with Crippen LogP contribution in [-0.4, -0.2) is 50.4 Å². The minimum absolute atomic E-state index is 0. The number of hydrogen-bond acceptors (Lipinski definition) is 4. The molecule has 6 nitrogen and oxygen atoms in total. The molecule has 1 aromatic carbocycles. The maximum Gasteiger partial charge on any atom is 0.237 e. The van der Waals surface area contributed by atoms with Crippen molar-refractivity contribution < 1.29 is 14.3 Å². The molecule has 0 aliphatic rings. The molecular formula is C16H24ClN3O3. The molecule has 2 rings (SSSR count). The van der Waals surface area contributed by atoms with E-state index in [9.17, 15) is 4.79 Å². The van der Waals surface area contributed by atoms with Crippen LogP contribution in [0.3, 0.4) is 0 Å². The van der Waals surface area contributed by atoms with Crippen molar-refractivity contribution in [2.24, 2.45) is 5.73 Å². The lowest BCUT2D eigenvalue weighted by Crippen LogP contribution is -2.43. The number of benzene rings is 1. The van der Waals surface area contributed by atoms with Gasteiger partial charge in [-0.2, -0.15) is 0 Å². The van der Waals surface area contributed by atoms with Gasteiger partial charge in [0.05, 0.1) is 25.9 Å². The molecule has 0 spiro atoms. The number of rotatable bonds is 9. The van der Waals surface area contributed by atoms with Crippen LogP contribution in [0.5, 0.6) is 0 Å². The predicted octanol–water partition coefficient (Wildman–Crippen LogP) is 1.24. The molecule has 128 valence electrons. The van der Waals surface area contributed by atoms with Crippen molar-refractivity contribution in [1.82, 2.24) is 10.3 Å². The number of aromatic nitrogens is 1. The van der Waals surface area contributed by atoms with Crippen LogP contribution in [0.25, 0.3) is 10.9 Å². The Labute approximate surface area is 142 Å². The van der Waals surface area contributed by atoms with E-state index >= 15 is 0 Å². The summed E-state index contributed by atoms with van der Waals surface area (Å²) in [6.45, 7) is 1.97. The highest BCUT2D eigenvalue weighted by Crippen LogP contribution is 2.18. The monoisotopic (exact) mass is 341 g/mol. The molecule has 7 heteroatoms. The van der Waals surface area contributed by atoms with Crippen molar-refractivity contribution in [3.8, 4) is 0 Å². The summed E-state index contributed by atoms with van der Waals surface area (Å²) in [5.41, 5.74) is 8.08. The number of amides is 1. The summed E-state index contributed by atoms with van der Waals surface area (Å²) in [5, 5.41) is 3.89. The first-order chi connectivity index (χ1) is 10.7. The Balaban J connectivity index is 0.00000264. The number of carbonyl (C=O) groups is 1. The number of hydrogen-bond donors (Lipinski definition) is 3. The smallest absolute Gasteiger partial charge is 0.237 e. The average molecular weight is 342 g/mol. The van der Waals surface area contributed by atoms with E-state index in [4.69, 9.17) is 15.2 Å². The lowest BCUT2D eigenvalue weighted by atomic mass is 10.1. The molecule has 0 aliphatic carbocycles. The molecule has 1 aromatic heterocycles. The molecule has 0 fully saturated rings. The molecule has 0 saturated heterocycles. The van der Waals surface area contributed by atoms with Crippen LogP contribution in [0.2, 0.25) is 0 Å². The third-order valence-electron chi connectivity index (χ3n) is 3.43. The number of nitrogens with two attached hydrogens (primary N) is 1. The van der Waals surface area contributed by atoms with E-state index in [1.807, 2.05) is 30.5 Å². The molecule has 0 saturated carbocycles. The second-order valence-corrected chi connectivity index (χ2v) is 5.07. The van der Waals surface area contributed by atoms with E-state index in [-0.39, 0.29) is 18.3 Å². The molecule has 0 unspecified atom stereocenters. The van der Waals surface area contributed by atoms with Gasteiger partial charge in [0.2, 0.25) is 5.91 Å². The molecular weight excluding hydrogens is 318 g/mol. The zero-order valence-electron chi connectivity index (χ0n) is 13.2. The fourth-order valence-electron chi connectivity index (χ4n) is 2.25. The Morgan fingerprint density at radius 1 is 1.30 bits per heavy atom. The Morgan fingerprint density at radius 3 is 2.87 bits per heavy atom. The number of fused-ring (bicyclic) bond motifs is 1. The lowest BCUT2D eigenvalue weighted by Gasteiger charge is -2.12. The Hall–Kier alpha value is -1.60. The number of ether oxygens (including phenoxy) is 2. The first kappa shape index (κ1) is 19.4. The number of para-hydroxylation sites is 1. The number of aromatic amines is 1. The number of halogens is 1. The van der Waals surface area contributed by atoms with Gasteiger partial charge >= 0.3 is 0 Å². The van der Waals surface area contributed by atoms with E-state index in [2.05, 4.69) is 10.3 Å². The minimum atomic E-state index is -0.571. The third-order valence-corrected chi connectivity index (χ3v) is 3.43. The van der Waals surface area contributed by atoms with Crippen molar-refractivity contribution in [2.45, 2.75) is 12.5 Å². The molecule has 1 amide bonds. The number of H-pyrrole nitrogens is 1. The van der Waals surface area contributed by atoms with Gasteiger partial charge in [0.25, 0.3) is 0 Å². The van der Waals surface area contributed by atoms with Gasteiger partial charge in [-0.15, -0.1) is 12.4 Å². The standard InChI is InChI=1S/C16H23N3O3.ClH/c1-21-8-9-22-7-6-18-16(20)14(17)10-12-11-19-15-5-3-2-4-13(12)15;/h2-5,11,14,19H,6-10,17H2,1H3,(H,18,20);1H/t14-;/m0./s1. The topological polar surface area (TPSA) is 89.4 Å². The quantitative estimate of drug-likeness (QED) is 0.599. The number of carbonyl (C=O) groups excluding carboxylic acids is 1. The zero-order valence-corrected chi connectivity index (χ0v) is 14.0. The van der Waals surface area contributed by atoms with Crippen molar-refractivity contribution in [3.63, 3.8) is 0 Å². The summed E-state index contributed by atoms with van der Waals surface area (Å²) in [4.78, 5) is 15.2. The van der Waals surface area contributed by atoms with Crippen LogP contribution in [0.4, 0.5) is 0 Å². The Bertz CT molecular complexity index is 603. The molecule has 0 aliphatic heterocycles. The number of nitrogens with one attached hydrogen (secondary N) is 2. The summed E-state index contributed by atoms with van der Waals surface area (Å²) in [7, 11) is 1.62. The fourth-order valence-corrected chi connectivity index (χ4v) is 2.25. The summed E-state index contributed by atoms with van der Waals surface area (Å²) in [6.07, 6.45) is 2.41. The number of methoxy groups -OCH3 is 1. The molecule has 0 radical (unpaired) electrons. The van der Waals surface area contributed by atoms with Crippen LogP contribution in [0.1, 0.15) is 5.56 Å². The Kier molecular flexibility index (Phi) is 8.65. The molecule has 1 atom stereocenters. The van der Waals surface area contributed by atoms with Crippen molar-refractivity contribution in [2.75, 3.05) is 33.5 Å². The maximum absolute atomic E-state index is 12.0. The molecule has 4 N–H and O–H groups in total. The largest absolute Gasteiger partial charge is 0.382 e. The zero-order chi connectivity index (χ0) is 15.8. The lowest BCUT2D eigenvalue weighted by molar-refractivity contribution is -0.122. The van der Waals surface area contributed by atoms with Gasteiger partial charge in [-0.1, -0.05) is 18.2 Å². The van der Waals surface area contributed by atoms with Crippen molar-refractivity contribution >= 4 is 29.2 Å². The third kappa shape index (κ3) is 5.84. The molecule has 2 aromatic rings. The minimum Gasteiger partial charge on any atom is -0.382 e. The van der Waals surface area contributed by atoms with Crippen molar-refractivity contribution in [3.05, 3.63) is 36.0 Å². The first-order valence-corrected chi connectivity index (χ1v) is 7.37. The highest BCUT2D eigenvalue weighted by molar-refractivity contribution is 5.86.